The second-order valence-electron chi connectivity index (χ2n) is 8.66. The summed E-state index contributed by atoms with van der Waals surface area (Å²) in [6.07, 6.45) is 5.70. The summed E-state index contributed by atoms with van der Waals surface area (Å²) < 4.78 is 15.2. The van der Waals surface area contributed by atoms with Crippen LogP contribution in [0, 0.1) is 17.1 Å². The zero-order chi connectivity index (χ0) is 22.8. The van der Waals surface area contributed by atoms with Gasteiger partial charge < -0.3 is 4.90 Å². The number of aromatic nitrogens is 3. The third kappa shape index (κ3) is 4.37. The Kier molecular flexibility index (Phi) is 5.88. The Morgan fingerprint density at radius 2 is 2.00 bits per heavy atom. The van der Waals surface area contributed by atoms with Crippen molar-refractivity contribution in [2.75, 3.05) is 32.7 Å². The highest BCUT2D eigenvalue weighted by atomic mass is 19.1. The molecule has 0 bridgehead atoms. The van der Waals surface area contributed by atoms with Crippen molar-refractivity contribution in [2.45, 2.75) is 25.2 Å². The highest BCUT2D eigenvalue weighted by Gasteiger charge is 2.33. The van der Waals surface area contributed by atoms with Crippen LogP contribution in [0.25, 0.3) is 5.69 Å². The summed E-state index contributed by atoms with van der Waals surface area (Å²) in [7, 11) is 0. The van der Waals surface area contributed by atoms with Crippen molar-refractivity contribution in [3.63, 3.8) is 0 Å². The maximum Gasteiger partial charge on any atom is 0.230 e. The van der Waals surface area contributed by atoms with Crippen LogP contribution in [0.15, 0.2) is 49.1 Å². The van der Waals surface area contributed by atoms with E-state index in [1.807, 2.05) is 17.0 Å². The fourth-order valence-corrected chi connectivity index (χ4v) is 4.86. The van der Waals surface area contributed by atoms with Crippen molar-refractivity contribution in [3.8, 4) is 11.8 Å². The zero-order valence-electron chi connectivity index (χ0n) is 18.3. The molecule has 2 aliphatic rings. The first-order valence-electron chi connectivity index (χ1n) is 11.3. The van der Waals surface area contributed by atoms with E-state index in [0.29, 0.717) is 13.1 Å². The van der Waals surface area contributed by atoms with E-state index in [2.05, 4.69) is 27.1 Å². The van der Waals surface area contributed by atoms with E-state index in [1.54, 1.807) is 23.1 Å². The molecule has 7 nitrogen and oxygen atoms in total. The van der Waals surface area contributed by atoms with E-state index in [9.17, 15) is 9.18 Å². The topological polar surface area (TPSA) is 78.0 Å². The predicted molar refractivity (Wildman–Crippen MR) is 120 cm³/mol. The number of fused-ring (bicyclic) bond motifs is 1. The Morgan fingerprint density at radius 3 is 2.76 bits per heavy atom. The highest BCUT2D eigenvalue weighted by Crippen LogP contribution is 2.35. The minimum Gasteiger partial charge on any atom is -0.340 e. The molecule has 1 aromatic heterocycles. The summed E-state index contributed by atoms with van der Waals surface area (Å²) in [4.78, 5) is 21.6. The zero-order valence-corrected chi connectivity index (χ0v) is 18.3. The van der Waals surface area contributed by atoms with Gasteiger partial charge >= 0.3 is 0 Å². The molecule has 3 aromatic rings. The Hall–Kier alpha value is -3.57. The molecule has 1 amide bonds. The molecule has 33 heavy (non-hydrogen) atoms. The minimum absolute atomic E-state index is 0.0695. The van der Waals surface area contributed by atoms with Crippen LogP contribution < -0.4 is 0 Å². The van der Waals surface area contributed by atoms with E-state index in [-0.39, 0.29) is 17.4 Å². The number of carbonyl (C=O) groups is 1. The fourth-order valence-electron chi connectivity index (χ4n) is 4.86. The maximum atomic E-state index is 13.5. The van der Waals surface area contributed by atoms with Gasteiger partial charge in [-0.2, -0.15) is 10.4 Å². The SMILES string of the molecule is N#Cc1cc(CCN2CCN(C(=O)C3CCc4cc(-n5cncn5)ccc43)CC2)ccc1F. The Morgan fingerprint density at radius 1 is 1.15 bits per heavy atom. The molecule has 8 heteroatoms. The van der Waals surface area contributed by atoms with Crippen LogP contribution in [0.5, 0.6) is 0 Å². The molecule has 2 aromatic carbocycles. The summed E-state index contributed by atoms with van der Waals surface area (Å²) in [5.41, 5.74) is 4.37. The van der Waals surface area contributed by atoms with Crippen molar-refractivity contribution in [2.24, 2.45) is 0 Å². The number of aryl methyl sites for hydroxylation is 1. The number of carbonyl (C=O) groups excluding carboxylic acids is 1. The van der Waals surface area contributed by atoms with E-state index in [4.69, 9.17) is 5.26 Å². The van der Waals surface area contributed by atoms with Gasteiger partial charge in [-0.1, -0.05) is 12.1 Å². The lowest BCUT2D eigenvalue weighted by Gasteiger charge is -2.36. The number of benzene rings is 2. The van der Waals surface area contributed by atoms with Crippen molar-refractivity contribution >= 4 is 5.91 Å². The van der Waals surface area contributed by atoms with Crippen LogP contribution in [0.4, 0.5) is 4.39 Å². The van der Waals surface area contributed by atoms with Crippen molar-refractivity contribution in [3.05, 3.63) is 77.1 Å². The number of nitriles is 1. The number of halogens is 1. The minimum atomic E-state index is -0.475. The second-order valence-corrected chi connectivity index (χ2v) is 8.66. The molecule has 1 unspecified atom stereocenters. The van der Waals surface area contributed by atoms with Gasteiger partial charge in [0.15, 0.2) is 0 Å². The van der Waals surface area contributed by atoms with Crippen LogP contribution in [0.3, 0.4) is 0 Å². The van der Waals surface area contributed by atoms with Gasteiger partial charge in [-0.15, -0.1) is 0 Å². The molecule has 1 saturated heterocycles. The van der Waals surface area contributed by atoms with Crippen LogP contribution >= 0.6 is 0 Å². The molecule has 0 saturated carbocycles. The summed E-state index contributed by atoms with van der Waals surface area (Å²) in [5, 5.41) is 13.2. The average molecular weight is 445 g/mol. The van der Waals surface area contributed by atoms with Gasteiger partial charge in [0.05, 0.1) is 17.2 Å². The maximum absolute atomic E-state index is 13.5. The Balaban J connectivity index is 1.16. The van der Waals surface area contributed by atoms with Crippen LogP contribution in [-0.2, 0) is 17.6 Å². The predicted octanol–water partition coefficient (Wildman–Crippen LogP) is 2.69. The quantitative estimate of drug-likeness (QED) is 0.605. The normalized spacial score (nSPS) is 18.2. The van der Waals surface area contributed by atoms with Gasteiger partial charge in [-0.25, -0.2) is 14.1 Å². The highest BCUT2D eigenvalue weighted by molar-refractivity contribution is 5.85. The van der Waals surface area contributed by atoms with E-state index in [0.717, 1.165) is 55.7 Å². The smallest absolute Gasteiger partial charge is 0.230 e. The van der Waals surface area contributed by atoms with Gasteiger partial charge in [0.1, 0.15) is 24.5 Å². The Labute approximate surface area is 192 Å². The Bertz CT molecular complexity index is 1190. The van der Waals surface area contributed by atoms with Crippen molar-refractivity contribution in [1.82, 2.24) is 24.6 Å². The monoisotopic (exact) mass is 444 g/mol. The first-order valence-corrected chi connectivity index (χ1v) is 11.3. The first kappa shape index (κ1) is 21.3. The van der Waals surface area contributed by atoms with Crippen LogP contribution in [0.1, 0.15) is 34.6 Å². The number of nitrogens with zero attached hydrogens (tertiary/aromatic N) is 6. The van der Waals surface area contributed by atoms with Gasteiger partial charge in [-0.05, 0) is 60.2 Å². The summed E-state index contributed by atoms with van der Waals surface area (Å²) in [5.74, 6) is -0.324. The molecule has 0 radical (unpaired) electrons. The molecule has 2 heterocycles. The number of hydrogen-bond acceptors (Lipinski definition) is 5. The summed E-state index contributed by atoms with van der Waals surface area (Å²) >= 11 is 0. The molecule has 1 aliphatic carbocycles. The largest absolute Gasteiger partial charge is 0.340 e. The third-order valence-electron chi connectivity index (χ3n) is 6.74. The summed E-state index contributed by atoms with van der Waals surface area (Å²) in [6, 6.07) is 12.8. The molecule has 1 aliphatic heterocycles. The second kappa shape index (κ2) is 9.12. The van der Waals surface area contributed by atoms with Crippen molar-refractivity contribution in [1.29, 1.82) is 5.26 Å². The fraction of sp³-hybridized carbons (Fsp3) is 0.360. The van der Waals surface area contributed by atoms with Gasteiger partial charge in [-0.3, -0.25) is 9.69 Å². The first-order chi connectivity index (χ1) is 16.1. The molecular formula is C25H25FN6O. The van der Waals surface area contributed by atoms with E-state index in [1.165, 1.54) is 18.0 Å². The molecule has 0 spiro atoms. The van der Waals surface area contributed by atoms with Gasteiger partial charge in [0.25, 0.3) is 0 Å². The average Bonchev–Trinajstić information content (AvgIpc) is 3.53. The molecular weight excluding hydrogens is 419 g/mol. The van der Waals surface area contributed by atoms with Crippen LogP contribution in [-0.4, -0.2) is 63.2 Å². The van der Waals surface area contributed by atoms with Crippen molar-refractivity contribution < 1.29 is 9.18 Å². The lowest BCUT2D eigenvalue weighted by molar-refractivity contribution is -0.134. The lowest BCUT2D eigenvalue weighted by atomic mass is 9.99. The number of amides is 1. The number of piperazine rings is 1. The van der Waals surface area contributed by atoms with Crippen LogP contribution in [0.2, 0.25) is 0 Å². The number of rotatable bonds is 5. The number of hydrogen-bond donors (Lipinski definition) is 0. The molecule has 5 rings (SSSR count). The lowest BCUT2D eigenvalue weighted by Crippen LogP contribution is -2.50. The molecule has 168 valence electrons. The van der Waals surface area contributed by atoms with Gasteiger partial charge in [0.2, 0.25) is 5.91 Å². The molecule has 1 fully saturated rings. The molecule has 1 atom stereocenters. The van der Waals surface area contributed by atoms with Gasteiger partial charge in [0, 0.05) is 32.7 Å². The summed E-state index contributed by atoms with van der Waals surface area (Å²) in [6.45, 7) is 3.91. The van der Waals surface area contributed by atoms with E-state index >= 15 is 0 Å². The molecule has 0 N–H and O–H groups in total. The standard InChI is InChI=1S/C25H25FN6O/c26-24-6-1-18(13-20(24)15-27)7-8-30-9-11-31(12-10-30)25(33)23-4-2-19-14-21(3-5-22(19)23)32-17-28-16-29-32/h1,3,5-6,13-14,16-17,23H,2,4,7-12H2. The van der Waals surface area contributed by atoms with E-state index < -0.39 is 5.82 Å². The third-order valence-corrected chi connectivity index (χ3v) is 6.74.